The highest BCUT2D eigenvalue weighted by molar-refractivity contribution is 5.78. The van der Waals surface area contributed by atoms with Gasteiger partial charge in [0.1, 0.15) is 24.0 Å². The van der Waals surface area contributed by atoms with Crippen LogP contribution in [0.4, 0.5) is 10.6 Å². The van der Waals surface area contributed by atoms with Crippen molar-refractivity contribution in [3.05, 3.63) is 72.3 Å². The minimum Gasteiger partial charge on any atom is -0.489 e. The van der Waals surface area contributed by atoms with Crippen LogP contribution < -0.4 is 9.64 Å². The molecule has 8 heteroatoms. The summed E-state index contributed by atoms with van der Waals surface area (Å²) in [5, 5.41) is 9.86. The SMILES string of the molecule is CN(c1ccc2[nH]c(-c3ccc(OCc4ccccc4)cc3)nc2n1)C1CCCN(C(=O)O)C1C(C)(C)C. The lowest BCUT2D eigenvalue weighted by atomic mass is 9.77. The molecule has 0 bridgehead atoms. The van der Waals surface area contributed by atoms with E-state index in [0.717, 1.165) is 46.9 Å². The maximum absolute atomic E-state index is 12.0. The van der Waals surface area contributed by atoms with Gasteiger partial charge in [-0.2, -0.15) is 0 Å². The molecule has 5 rings (SSSR count). The normalized spacial score (nSPS) is 17.9. The van der Waals surface area contributed by atoms with Crippen molar-refractivity contribution in [2.75, 3.05) is 18.5 Å². The first-order valence-corrected chi connectivity index (χ1v) is 13.1. The molecule has 1 fully saturated rings. The predicted molar refractivity (Wildman–Crippen MR) is 149 cm³/mol. The van der Waals surface area contributed by atoms with Gasteiger partial charge in [0, 0.05) is 19.2 Å². The minimum atomic E-state index is -0.861. The summed E-state index contributed by atoms with van der Waals surface area (Å²) >= 11 is 0. The molecule has 0 spiro atoms. The summed E-state index contributed by atoms with van der Waals surface area (Å²) in [6, 6.07) is 21.8. The van der Waals surface area contributed by atoms with Gasteiger partial charge in [-0.3, -0.25) is 0 Å². The van der Waals surface area contributed by atoms with Gasteiger partial charge in [0.2, 0.25) is 0 Å². The molecule has 2 atom stereocenters. The molecule has 3 heterocycles. The standard InChI is InChI=1S/C30H35N5O3/c1-30(2,3)26-24(11-8-18-35(26)29(36)37)34(4)25-17-16-23-28(32-25)33-27(31-23)21-12-14-22(15-13-21)38-19-20-9-6-5-7-10-20/h5-7,9-10,12-17,24,26H,8,11,18-19H2,1-4H3,(H,36,37)(H,31,32,33). The number of amides is 1. The molecule has 1 amide bonds. The average molecular weight is 514 g/mol. The quantitative estimate of drug-likeness (QED) is 0.319. The number of likely N-dealkylation sites (tertiary alicyclic amines) is 1. The number of benzene rings is 2. The fourth-order valence-corrected chi connectivity index (χ4v) is 5.48. The number of carbonyl (C=O) groups is 1. The number of nitrogens with one attached hydrogen (secondary N) is 1. The number of hydrogen-bond acceptors (Lipinski definition) is 5. The topological polar surface area (TPSA) is 94.6 Å². The van der Waals surface area contributed by atoms with Crippen molar-refractivity contribution < 1.29 is 14.6 Å². The van der Waals surface area contributed by atoms with Crippen LogP contribution in [0.5, 0.6) is 5.75 Å². The molecule has 8 nitrogen and oxygen atoms in total. The van der Waals surface area contributed by atoms with Gasteiger partial charge in [-0.15, -0.1) is 0 Å². The van der Waals surface area contributed by atoms with Crippen LogP contribution in [0.2, 0.25) is 0 Å². The molecule has 2 unspecified atom stereocenters. The van der Waals surface area contributed by atoms with E-state index >= 15 is 0 Å². The minimum absolute atomic E-state index is 0.0200. The van der Waals surface area contributed by atoms with E-state index in [2.05, 4.69) is 30.7 Å². The zero-order chi connectivity index (χ0) is 26.9. The molecular formula is C30H35N5O3. The molecule has 2 aromatic heterocycles. The van der Waals surface area contributed by atoms with Gasteiger partial charge in [0.25, 0.3) is 0 Å². The van der Waals surface area contributed by atoms with Crippen LogP contribution in [0.15, 0.2) is 66.7 Å². The van der Waals surface area contributed by atoms with Crippen LogP contribution in [0.1, 0.15) is 39.2 Å². The Hall–Kier alpha value is -4.07. The summed E-state index contributed by atoms with van der Waals surface area (Å²) in [6.07, 6.45) is 0.875. The molecule has 38 heavy (non-hydrogen) atoms. The largest absolute Gasteiger partial charge is 0.489 e. The monoisotopic (exact) mass is 513 g/mol. The van der Waals surface area contributed by atoms with E-state index in [0.29, 0.717) is 18.8 Å². The molecule has 1 aliphatic rings. The summed E-state index contributed by atoms with van der Waals surface area (Å²) in [5.41, 5.74) is 3.34. The number of aromatic nitrogens is 3. The fraction of sp³-hybridized carbons (Fsp3) is 0.367. The third-order valence-corrected chi connectivity index (χ3v) is 7.30. The molecule has 0 radical (unpaired) electrons. The van der Waals surface area contributed by atoms with Crippen LogP contribution in [-0.2, 0) is 6.61 Å². The van der Waals surface area contributed by atoms with Crippen LogP contribution in [0.25, 0.3) is 22.6 Å². The Kier molecular flexibility index (Phi) is 6.97. The van der Waals surface area contributed by atoms with Gasteiger partial charge in [-0.1, -0.05) is 51.1 Å². The van der Waals surface area contributed by atoms with Gasteiger partial charge in [-0.05, 0) is 60.2 Å². The van der Waals surface area contributed by atoms with E-state index in [-0.39, 0.29) is 17.5 Å². The number of hydrogen-bond donors (Lipinski definition) is 2. The van der Waals surface area contributed by atoms with Crippen molar-refractivity contribution >= 4 is 23.1 Å². The van der Waals surface area contributed by atoms with E-state index < -0.39 is 6.09 Å². The summed E-state index contributed by atoms with van der Waals surface area (Å²) in [5.74, 6) is 2.32. The number of aromatic amines is 1. The van der Waals surface area contributed by atoms with Crippen molar-refractivity contribution in [3.8, 4) is 17.1 Å². The maximum Gasteiger partial charge on any atom is 0.407 e. The van der Waals surface area contributed by atoms with E-state index in [4.69, 9.17) is 14.7 Å². The van der Waals surface area contributed by atoms with E-state index in [1.807, 2.05) is 73.8 Å². The number of likely N-dealkylation sites (N-methyl/N-ethyl adjacent to an activating group) is 1. The van der Waals surface area contributed by atoms with Crippen molar-refractivity contribution in [3.63, 3.8) is 0 Å². The van der Waals surface area contributed by atoms with Crippen LogP contribution in [-0.4, -0.2) is 56.7 Å². The number of H-pyrrole nitrogens is 1. The Bertz CT molecular complexity index is 1400. The van der Waals surface area contributed by atoms with Gasteiger partial charge < -0.3 is 24.6 Å². The van der Waals surface area contributed by atoms with Crippen LogP contribution in [0.3, 0.4) is 0 Å². The Morgan fingerprint density at radius 2 is 1.82 bits per heavy atom. The molecule has 0 aliphatic carbocycles. The van der Waals surface area contributed by atoms with Gasteiger partial charge in [0.15, 0.2) is 5.65 Å². The highest BCUT2D eigenvalue weighted by atomic mass is 16.5. The number of piperidine rings is 1. The highest BCUT2D eigenvalue weighted by Gasteiger charge is 2.43. The van der Waals surface area contributed by atoms with E-state index in [9.17, 15) is 9.90 Å². The summed E-state index contributed by atoms with van der Waals surface area (Å²) < 4.78 is 5.91. The lowest BCUT2D eigenvalue weighted by Crippen LogP contribution is -2.61. The third kappa shape index (κ3) is 5.30. The summed E-state index contributed by atoms with van der Waals surface area (Å²) in [6.45, 7) is 7.40. The average Bonchev–Trinajstić information content (AvgIpc) is 3.35. The third-order valence-electron chi connectivity index (χ3n) is 7.30. The smallest absolute Gasteiger partial charge is 0.407 e. The second kappa shape index (κ2) is 10.4. The summed E-state index contributed by atoms with van der Waals surface area (Å²) in [7, 11) is 2.00. The Morgan fingerprint density at radius 3 is 2.50 bits per heavy atom. The van der Waals surface area contributed by atoms with Crippen molar-refractivity contribution in [2.45, 2.75) is 52.3 Å². The Morgan fingerprint density at radius 1 is 1.08 bits per heavy atom. The maximum atomic E-state index is 12.0. The van der Waals surface area contributed by atoms with E-state index in [1.165, 1.54) is 0 Å². The van der Waals surface area contributed by atoms with E-state index in [1.54, 1.807) is 4.90 Å². The molecule has 2 aromatic carbocycles. The number of anilines is 1. The first-order chi connectivity index (χ1) is 18.2. The number of nitrogens with zero attached hydrogens (tertiary/aromatic N) is 4. The highest BCUT2D eigenvalue weighted by Crippen LogP contribution is 2.36. The first-order valence-electron chi connectivity index (χ1n) is 13.1. The molecule has 2 N–H and O–H groups in total. The summed E-state index contributed by atoms with van der Waals surface area (Å²) in [4.78, 5) is 28.7. The zero-order valence-electron chi connectivity index (χ0n) is 22.4. The Labute approximate surface area is 223 Å². The molecule has 0 saturated carbocycles. The zero-order valence-corrected chi connectivity index (χ0v) is 22.4. The second-order valence-electron chi connectivity index (χ2n) is 11.0. The van der Waals surface area contributed by atoms with Crippen LogP contribution >= 0.6 is 0 Å². The van der Waals surface area contributed by atoms with Gasteiger partial charge in [0.05, 0.1) is 17.6 Å². The lowest BCUT2D eigenvalue weighted by molar-refractivity contribution is 0.0461. The number of fused-ring (bicyclic) bond motifs is 1. The fourth-order valence-electron chi connectivity index (χ4n) is 5.48. The molecule has 1 saturated heterocycles. The van der Waals surface area contributed by atoms with Gasteiger partial charge >= 0.3 is 6.09 Å². The van der Waals surface area contributed by atoms with Crippen LogP contribution in [0, 0.1) is 5.41 Å². The Balaban J connectivity index is 1.34. The second-order valence-corrected chi connectivity index (χ2v) is 11.0. The van der Waals surface area contributed by atoms with Crippen molar-refractivity contribution in [1.82, 2.24) is 19.9 Å². The molecule has 4 aromatic rings. The van der Waals surface area contributed by atoms with Crippen molar-refractivity contribution in [1.29, 1.82) is 0 Å². The molecule has 198 valence electrons. The predicted octanol–water partition coefficient (Wildman–Crippen LogP) is 6.20. The number of imidazole rings is 1. The lowest BCUT2D eigenvalue weighted by Gasteiger charge is -2.49. The number of pyridine rings is 1. The van der Waals surface area contributed by atoms with Gasteiger partial charge in [-0.25, -0.2) is 14.8 Å². The first kappa shape index (κ1) is 25.6. The molecular weight excluding hydrogens is 478 g/mol. The molecule has 1 aliphatic heterocycles. The van der Waals surface area contributed by atoms with Crippen molar-refractivity contribution in [2.24, 2.45) is 5.41 Å². The number of ether oxygens (including phenoxy) is 1. The number of carboxylic acid groups (broad SMARTS) is 1. The number of rotatable bonds is 6.